The molecular formula is C21H36N2O3. The molecule has 2 amide bonds. The summed E-state index contributed by atoms with van der Waals surface area (Å²) >= 11 is 0. The van der Waals surface area contributed by atoms with Crippen LogP contribution >= 0.6 is 0 Å². The molecule has 0 saturated heterocycles. The van der Waals surface area contributed by atoms with Gasteiger partial charge in [-0.25, -0.2) is 4.79 Å². The maximum absolute atomic E-state index is 12.7. The van der Waals surface area contributed by atoms with Gasteiger partial charge in [-0.15, -0.1) is 0 Å². The summed E-state index contributed by atoms with van der Waals surface area (Å²) in [5, 5.41) is 6.69. The topological polar surface area (TPSA) is 59.6 Å². The molecule has 0 aliphatic heterocycles. The molecule has 26 heavy (non-hydrogen) atoms. The molecule has 5 aliphatic carbocycles. The minimum Gasteiger partial charge on any atom is -0.379 e. The molecule has 4 bridgehead atoms. The number of urea groups is 1. The first kappa shape index (κ1) is 18.5. The molecule has 2 N–H and O–H groups in total. The monoisotopic (exact) mass is 364 g/mol. The van der Waals surface area contributed by atoms with Gasteiger partial charge in [0.2, 0.25) is 0 Å². The molecule has 0 unspecified atom stereocenters. The van der Waals surface area contributed by atoms with E-state index in [4.69, 9.17) is 9.47 Å². The highest BCUT2D eigenvalue weighted by atomic mass is 16.5. The fourth-order valence-electron chi connectivity index (χ4n) is 6.52. The van der Waals surface area contributed by atoms with E-state index >= 15 is 0 Å². The zero-order valence-electron chi connectivity index (χ0n) is 16.3. The van der Waals surface area contributed by atoms with E-state index in [1.54, 1.807) is 0 Å². The molecule has 5 nitrogen and oxygen atoms in total. The van der Waals surface area contributed by atoms with Crippen LogP contribution < -0.4 is 10.6 Å². The molecule has 0 aromatic carbocycles. The summed E-state index contributed by atoms with van der Waals surface area (Å²) in [6, 6.07) is 0.378. The van der Waals surface area contributed by atoms with Crippen molar-refractivity contribution in [2.75, 3.05) is 19.8 Å². The van der Waals surface area contributed by atoms with Crippen LogP contribution in [0.25, 0.3) is 0 Å². The van der Waals surface area contributed by atoms with E-state index in [1.807, 2.05) is 6.92 Å². The number of hydrogen-bond donors (Lipinski definition) is 2. The lowest BCUT2D eigenvalue weighted by Gasteiger charge is -2.56. The van der Waals surface area contributed by atoms with Crippen LogP contribution in [0.15, 0.2) is 0 Å². The first-order chi connectivity index (χ1) is 12.6. The van der Waals surface area contributed by atoms with E-state index in [-0.39, 0.29) is 11.6 Å². The lowest BCUT2D eigenvalue weighted by atomic mass is 9.53. The summed E-state index contributed by atoms with van der Waals surface area (Å²) in [7, 11) is 0. The van der Waals surface area contributed by atoms with E-state index < -0.39 is 0 Å². The molecule has 148 valence electrons. The van der Waals surface area contributed by atoms with Crippen molar-refractivity contribution in [2.45, 2.75) is 88.8 Å². The smallest absolute Gasteiger partial charge is 0.315 e. The lowest BCUT2D eigenvalue weighted by molar-refractivity contribution is -0.0157. The normalized spacial score (nSPS) is 41.2. The van der Waals surface area contributed by atoms with Crippen molar-refractivity contribution in [3.63, 3.8) is 0 Å². The molecule has 5 aliphatic rings. The fraction of sp³-hybridized carbons (Fsp3) is 0.952. The molecular weight excluding hydrogens is 328 g/mol. The number of carbonyl (C=O) groups excluding carboxylic acids is 1. The van der Waals surface area contributed by atoms with Gasteiger partial charge in [-0.05, 0) is 88.9 Å². The Hall–Kier alpha value is -0.810. The highest BCUT2D eigenvalue weighted by molar-refractivity contribution is 5.75. The average molecular weight is 365 g/mol. The molecule has 5 saturated carbocycles. The van der Waals surface area contributed by atoms with Crippen molar-refractivity contribution >= 4 is 6.03 Å². The predicted octanol–water partition coefficient (Wildman–Crippen LogP) is 3.62. The first-order valence-corrected chi connectivity index (χ1v) is 10.9. The van der Waals surface area contributed by atoms with Crippen molar-refractivity contribution in [2.24, 2.45) is 17.8 Å². The minimum absolute atomic E-state index is 0.0765. The van der Waals surface area contributed by atoms with E-state index in [2.05, 4.69) is 10.6 Å². The summed E-state index contributed by atoms with van der Waals surface area (Å²) in [4.78, 5) is 12.7. The van der Waals surface area contributed by atoms with Crippen molar-refractivity contribution in [3.05, 3.63) is 0 Å². The van der Waals surface area contributed by atoms with E-state index in [9.17, 15) is 4.79 Å². The summed E-state index contributed by atoms with van der Waals surface area (Å²) in [6.45, 7) is 4.12. The van der Waals surface area contributed by atoms with Crippen molar-refractivity contribution in [1.82, 2.24) is 10.6 Å². The summed E-state index contributed by atoms with van der Waals surface area (Å²) in [6.07, 6.45) is 12.3. The van der Waals surface area contributed by atoms with Gasteiger partial charge in [-0.3, -0.25) is 0 Å². The SMILES string of the molecule is CCOCCOC1CCC(NC(=O)NC23CC4CC(CC(C4)C2)C3)CC1. The molecule has 5 fully saturated rings. The van der Waals surface area contributed by atoms with Gasteiger partial charge in [-0.2, -0.15) is 0 Å². The quantitative estimate of drug-likeness (QED) is 0.678. The first-order valence-electron chi connectivity index (χ1n) is 10.9. The predicted molar refractivity (Wildman–Crippen MR) is 101 cm³/mol. The van der Waals surface area contributed by atoms with Crippen LogP contribution in [-0.2, 0) is 9.47 Å². The zero-order valence-corrected chi connectivity index (χ0v) is 16.3. The average Bonchev–Trinajstić information content (AvgIpc) is 2.58. The summed E-state index contributed by atoms with van der Waals surface area (Å²) in [5.41, 5.74) is 0.110. The second-order valence-corrected chi connectivity index (χ2v) is 9.34. The number of rotatable bonds is 7. The second kappa shape index (κ2) is 8.05. The van der Waals surface area contributed by atoms with Crippen molar-refractivity contribution < 1.29 is 14.3 Å². The van der Waals surface area contributed by atoms with E-state index in [0.29, 0.717) is 25.4 Å². The number of hydrogen-bond acceptors (Lipinski definition) is 3. The standard InChI is InChI=1S/C21H36N2O3/c1-2-25-7-8-26-19-5-3-18(4-6-19)22-20(24)23-21-12-15-9-16(13-21)11-17(10-15)14-21/h15-19H,2-14H2,1H3,(H2,22,23,24). The third-order valence-electron chi connectivity index (χ3n) is 7.21. The van der Waals surface area contributed by atoms with Gasteiger partial charge in [0.05, 0.1) is 19.3 Å². The number of carbonyl (C=O) groups is 1. The zero-order chi connectivity index (χ0) is 18.0. The van der Waals surface area contributed by atoms with Crippen LogP contribution in [-0.4, -0.2) is 43.5 Å². The Morgan fingerprint density at radius 3 is 2.15 bits per heavy atom. The molecule has 0 aromatic heterocycles. The van der Waals surface area contributed by atoms with Gasteiger partial charge >= 0.3 is 6.03 Å². The van der Waals surface area contributed by atoms with Crippen LogP contribution in [0, 0.1) is 17.8 Å². The Morgan fingerprint density at radius 2 is 1.58 bits per heavy atom. The molecule has 5 heteroatoms. The fourth-order valence-corrected chi connectivity index (χ4v) is 6.52. The largest absolute Gasteiger partial charge is 0.379 e. The minimum atomic E-state index is 0.0765. The number of nitrogens with one attached hydrogen (secondary N) is 2. The van der Waals surface area contributed by atoms with Crippen LogP contribution in [0.2, 0.25) is 0 Å². The third kappa shape index (κ3) is 4.36. The highest BCUT2D eigenvalue weighted by Crippen LogP contribution is 2.55. The Labute approximate surface area is 158 Å². The van der Waals surface area contributed by atoms with E-state index in [1.165, 1.54) is 38.5 Å². The van der Waals surface area contributed by atoms with Gasteiger partial charge in [0.1, 0.15) is 0 Å². The molecule has 0 aromatic rings. The second-order valence-electron chi connectivity index (χ2n) is 9.34. The third-order valence-corrected chi connectivity index (χ3v) is 7.21. The van der Waals surface area contributed by atoms with Crippen molar-refractivity contribution in [1.29, 1.82) is 0 Å². The van der Waals surface area contributed by atoms with Gasteiger partial charge in [0.25, 0.3) is 0 Å². The Kier molecular flexibility index (Phi) is 5.75. The molecule has 0 atom stereocenters. The number of ether oxygens (including phenoxy) is 2. The Bertz CT molecular complexity index is 452. The van der Waals surface area contributed by atoms with Crippen molar-refractivity contribution in [3.8, 4) is 0 Å². The highest BCUT2D eigenvalue weighted by Gasteiger charge is 2.51. The summed E-state index contributed by atoms with van der Waals surface area (Å²) in [5.74, 6) is 2.60. The maximum Gasteiger partial charge on any atom is 0.315 e. The van der Waals surface area contributed by atoms with Crippen LogP contribution in [0.3, 0.4) is 0 Å². The van der Waals surface area contributed by atoms with Gasteiger partial charge < -0.3 is 20.1 Å². The van der Waals surface area contributed by atoms with E-state index in [0.717, 1.165) is 50.0 Å². The molecule has 5 rings (SSSR count). The van der Waals surface area contributed by atoms with Gasteiger partial charge in [0.15, 0.2) is 0 Å². The lowest BCUT2D eigenvalue weighted by Crippen LogP contribution is -2.62. The maximum atomic E-state index is 12.7. The summed E-state index contributed by atoms with van der Waals surface area (Å²) < 4.78 is 11.2. The van der Waals surface area contributed by atoms with Crippen LogP contribution in [0.1, 0.15) is 71.1 Å². The Morgan fingerprint density at radius 1 is 0.962 bits per heavy atom. The Balaban J connectivity index is 1.18. The van der Waals surface area contributed by atoms with Crippen LogP contribution in [0.5, 0.6) is 0 Å². The van der Waals surface area contributed by atoms with Gasteiger partial charge in [0, 0.05) is 18.2 Å². The molecule has 0 radical (unpaired) electrons. The van der Waals surface area contributed by atoms with Crippen LogP contribution in [0.4, 0.5) is 4.79 Å². The molecule has 0 spiro atoms. The van der Waals surface area contributed by atoms with Gasteiger partial charge in [-0.1, -0.05) is 0 Å². The molecule has 0 heterocycles. The number of amides is 2.